The van der Waals surface area contributed by atoms with E-state index in [9.17, 15) is 9.59 Å². The molecule has 1 aromatic heterocycles. The molecule has 0 saturated carbocycles. The first-order valence-corrected chi connectivity index (χ1v) is 9.58. The quantitative estimate of drug-likeness (QED) is 0.398. The van der Waals surface area contributed by atoms with E-state index in [1.807, 2.05) is 12.1 Å². The summed E-state index contributed by atoms with van der Waals surface area (Å²) in [4.78, 5) is 22.5. The lowest BCUT2D eigenvalue weighted by Crippen LogP contribution is -2.37. The van der Waals surface area contributed by atoms with Crippen LogP contribution in [0.15, 0.2) is 24.5 Å². The molecule has 0 aromatic carbocycles. The van der Waals surface area contributed by atoms with Gasteiger partial charge in [-0.1, -0.05) is 58.3 Å². The Labute approximate surface area is 151 Å². The van der Waals surface area contributed by atoms with Crippen molar-refractivity contribution in [3.63, 3.8) is 0 Å². The fourth-order valence-electron chi connectivity index (χ4n) is 2.75. The Hall–Kier alpha value is -1.91. The number of unbranched alkanes of at least 4 members (excludes halogenated alkanes) is 8. The number of carboxylic acid groups (broad SMARTS) is 1. The first-order chi connectivity index (χ1) is 12.1. The van der Waals surface area contributed by atoms with Crippen molar-refractivity contribution in [1.29, 1.82) is 0 Å². The number of nitrogens with one attached hydrogen (secondary N) is 1. The molecule has 0 aliphatic rings. The summed E-state index contributed by atoms with van der Waals surface area (Å²) in [5, 5.41) is 11.6. The number of pyridine rings is 1. The molecule has 2 N–H and O–H groups in total. The summed E-state index contributed by atoms with van der Waals surface area (Å²) in [5.41, 5.74) is 0.974. The second-order valence-electron chi connectivity index (χ2n) is 6.63. The van der Waals surface area contributed by atoms with Crippen LogP contribution in [0.25, 0.3) is 0 Å². The monoisotopic (exact) mass is 349 g/mol. The summed E-state index contributed by atoms with van der Waals surface area (Å²) in [6.07, 6.45) is 15.3. The van der Waals surface area contributed by atoms with E-state index in [1.54, 1.807) is 17.0 Å². The molecule has 0 atom stereocenters. The largest absolute Gasteiger partial charge is 0.477 e. The van der Waals surface area contributed by atoms with Crippen LogP contribution in [0.5, 0.6) is 0 Å². The maximum Gasteiger partial charge on any atom is 0.370 e. The Morgan fingerprint density at radius 2 is 1.52 bits per heavy atom. The minimum absolute atomic E-state index is 0.0504. The van der Waals surface area contributed by atoms with Crippen LogP contribution >= 0.6 is 0 Å². The number of carbonyl (C=O) groups is 2. The van der Waals surface area contributed by atoms with Crippen LogP contribution in [0, 0.1) is 0 Å². The van der Waals surface area contributed by atoms with Gasteiger partial charge < -0.3 is 10.4 Å². The van der Waals surface area contributed by atoms with E-state index in [1.165, 1.54) is 44.9 Å². The smallest absolute Gasteiger partial charge is 0.370 e. The second-order valence-corrected chi connectivity index (χ2v) is 6.63. The molecule has 0 fully saturated rings. The molecule has 0 bridgehead atoms. The number of hydrogen-bond donors (Lipinski definition) is 2. The molecule has 0 saturated heterocycles. The van der Waals surface area contributed by atoms with Crippen molar-refractivity contribution >= 4 is 11.9 Å². The normalized spacial score (nSPS) is 10.6. The fraction of sp³-hybridized carbons (Fsp3) is 0.650. The van der Waals surface area contributed by atoms with Crippen molar-refractivity contribution < 1.29 is 19.3 Å². The van der Waals surface area contributed by atoms with E-state index in [-0.39, 0.29) is 12.5 Å². The molecule has 25 heavy (non-hydrogen) atoms. The number of carboxylic acids is 1. The number of carbonyl (C=O) groups excluding carboxylic acids is 1. The molecule has 0 aliphatic carbocycles. The third-order valence-electron chi connectivity index (χ3n) is 4.28. The Kier molecular flexibility index (Phi) is 11.3. The Morgan fingerprint density at radius 1 is 0.960 bits per heavy atom. The molecular weight excluding hydrogens is 316 g/mol. The van der Waals surface area contributed by atoms with Crippen LogP contribution in [-0.4, -0.2) is 17.0 Å². The Morgan fingerprint density at radius 3 is 2.08 bits per heavy atom. The molecule has 1 heterocycles. The first kappa shape index (κ1) is 21.1. The van der Waals surface area contributed by atoms with Gasteiger partial charge in [-0.25, -0.2) is 4.79 Å². The van der Waals surface area contributed by atoms with Crippen molar-refractivity contribution in [2.24, 2.45) is 0 Å². The summed E-state index contributed by atoms with van der Waals surface area (Å²) in [7, 11) is 0. The number of aliphatic carboxylic acids is 1. The van der Waals surface area contributed by atoms with Crippen LogP contribution in [0.1, 0.15) is 76.7 Å². The van der Waals surface area contributed by atoms with Gasteiger partial charge in [0.25, 0.3) is 0 Å². The summed E-state index contributed by atoms with van der Waals surface area (Å²) >= 11 is 0. The molecule has 5 nitrogen and oxygen atoms in total. The zero-order valence-electron chi connectivity index (χ0n) is 15.5. The second kappa shape index (κ2) is 13.4. The highest BCUT2D eigenvalue weighted by atomic mass is 16.4. The predicted octanol–water partition coefficient (Wildman–Crippen LogP) is 3.60. The molecule has 1 rings (SSSR count). The van der Waals surface area contributed by atoms with E-state index in [0.29, 0.717) is 13.0 Å². The third kappa shape index (κ3) is 11.3. The van der Waals surface area contributed by atoms with Crippen molar-refractivity contribution in [2.75, 3.05) is 0 Å². The van der Waals surface area contributed by atoms with Crippen LogP contribution in [0.3, 0.4) is 0 Å². The molecular formula is C20H33N2O3+. The average molecular weight is 349 g/mol. The average Bonchev–Trinajstić information content (AvgIpc) is 2.59. The highest BCUT2D eigenvalue weighted by Crippen LogP contribution is 2.10. The van der Waals surface area contributed by atoms with Crippen molar-refractivity contribution in [2.45, 2.75) is 84.2 Å². The number of rotatable bonds is 14. The van der Waals surface area contributed by atoms with Gasteiger partial charge in [-0.05, 0) is 12.0 Å². The lowest BCUT2D eigenvalue weighted by Gasteiger charge is -2.05. The topological polar surface area (TPSA) is 70.3 Å². The van der Waals surface area contributed by atoms with Gasteiger partial charge in [0.05, 0.1) is 0 Å². The van der Waals surface area contributed by atoms with E-state index in [2.05, 4.69) is 12.2 Å². The maximum atomic E-state index is 11.8. The van der Waals surface area contributed by atoms with Crippen molar-refractivity contribution in [3.8, 4) is 0 Å². The van der Waals surface area contributed by atoms with Crippen LogP contribution in [0.4, 0.5) is 0 Å². The number of hydrogen-bond acceptors (Lipinski definition) is 2. The maximum absolute atomic E-state index is 11.8. The van der Waals surface area contributed by atoms with Gasteiger partial charge in [0, 0.05) is 25.1 Å². The SMILES string of the molecule is CCCCCCCCCCCC(=O)NCc1cc[n+](CC(=O)O)cc1. The number of aromatic nitrogens is 1. The third-order valence-corrected chi connectivity index (χ3v) is 4.28. The molecule has 0 radical (unpaired) electrons. The van der Waals surface area contributed by atoms with Gasteiger partial charge in [0.1, 0.15) is 0 Å². The van der Waals surface area contributed by atoms with Crippen LogP contribution in [-0.2, 0) is 22.7 Å². The van der Waals surface area contributed by atoms with Gasteiger partial charge in [0.15, 0.2) is 12.4 Å². The van der Waals surface area contributed by atoms with Crippen molar-refractivity contribution in [3.05, 3.63) is 30.1 Å². The van der Waals surface area contributed by atoms with Crippen LogP contribution < -0.4 is 9.88 Å². The van der Waals surface area contributed by atoms with Crippen LogP contribution in [0.2, 0.25) is 0 Å². The minimum atomic E-state index is -0.869. The zero-order valence-corrected chi connectivity index (χ0v) is 15.5. The van der Waals surface area contributed by atoms with Gasteiger partial charge in [0.2, 0.25) is 12.5 Å². The van der Waals surface area contributed by atoms with E-state index < -0.39 is 5.97 Å². The Bertz CT molecular complexity index is 500. The van der Waals surface area contributed by atoms with Gasteiger partial charge >= 0.3 is 5.97 Å². The standard InChI is InChI=1S/C20H32N2O3/c1-2-3-4-5-6-7-8-9-10-11-19(23)21-16-18-12-14-22(15-13-18)17-20(24)25/h12-15H,2-11,16-17H2,1H3,(H-,21,23,24,25)/p+1. The summed E-state index contributed by atoms with van der Waals surface area (Å²) in [5.74, 6) is -0.780. The van der Waals surface area contributed by atoms with E-state index in [0.717, 1.165) is 18.4 Å². The molecule has 140 valence electrons. The van der Waals surface area contributed by atoms with Crippen molar-refractivity contribution in [1.82, 2.24) is 5.32 Å². The predicted molar refractivity (Wildman–Crippen MR) is 98.0 cm³/mol. The highest BCUT2D eigenvalue weighted by Gasteiger charge is 2.07. The molecule has 0 spiro atoms. The molecule has 1 aromatic rings. The number of amides is 1. The van der Waals surface area contributed by atoms with Gasteiger partial charge in [-0.15, -0.1) is 0 Å². The van der Waals surface area contributed by atoms with E-state index >= 15 is 0 Å². The highest BCUT2D eigenvalue weighted by molar-refractivity contribution is 5.75. The fourth-order valence-corrected chi connectivity index (χ4v) is 2.75. The molecule has 0 aliphatic heterocycles. The van der Waals surface area contributed by atoms with Gasteiger partial charge in [-0.2, -0.15) is 4.57 Å². The van der Waals surface area contributed by atoms with Gasteiger partial charge in [-0.3, -0.25) is 4.79 Å². The number of nitrogens with zero attached hydrogens (tertiary/aromatic N) is 1. The molecule has 1 amide bonds. The lowest BCUT2D eigenvalue weighted by molar-refractivity contribution is -0.685. The minimum Gasteiger partial charge on any atom is -0.477 e. The summed E-state index contributed by atoms with van der Waals surface area (Å²) in [6.45, 7) is 2.67. The molecule has 5 heteroatoms. The zero-order chi connectivity index (χ0) is 18.3. The first-order valence-electron chi connectivity index (χ1n) is 9.58. The summed E-state index contributed by atoms with van der Waals surface area (Å²) < 4.78 is 1.59. The molecule has 0 unspecified atom stereocenters. The summed E-state index contributed by atoms with van der Waals surface area (Å²) in [6, 6.07) is 3.67. The lowest BCUT2D eigenvalue weighted by atomic mass is 10.1. The van der Waals surface area contributed by atoms with E-state index in [4.69, 9.17) is 5.11 Å². The Balaban J connectivity index is 2.04.